The molecular formula is C14H21N3O3. The predicted octanol–water partition coefficient (Wildman–Crippen LogP) is 1.43. The molecule has 0 radical (unpaired) electrons. The molecule has 2 rings (SSSR count). The molecule has 1 fully saturated rings. The zero-order valence-electron chi connectivity index (χ0n) is 12.0. The van der Waals surface area contributed by atoms with Crippen molar-refractivity contribution in [2.45, 2.75) is 32.7 Å². The average molecular weight is 279 g/mol. The van der Waals surface area contributed by atoms with Crippen LogP contribution in [0.15, 0.2) is 12.3 Å². The number of hydrogen-bond donors (Lipinski definition) is 1. The minimum absolute atomic E-state index is 0.101. The molecule has 0 atom stereocenters. The molecule has 110 valence electrons. The summed E-state index contributed by atoms with van der Waals surface area (Å²) < 4.78 is 6.85. The van der Waals surface area contributed by atoms with Crippen LogP contribution in [-0.2, 0) is 9.53 Å². The van der Waals surface area contributed by atoms with Gasteiger partial charge in [0.2, 0.25) is 0 Å². The van der Waals surface area contributed by atoms with Gasteiger partial charge in [-0.05, 0) is 32.8 Å². The van der Waals surface area contributed by atoms with E-state index in [1.54, 1.807) is 21.7 Å². The molecule has 1 aliphatic heterocycles. The number of esters is 1. The zero-order chi connectivity index (χ0) is 14.7. The van der Waals surface area contributed by atoms with Crippen molar-refractivity contribution in [1.29, 1.82) is 0 Å². The molecule has 6 heteroatoms. The van der Waals surface area contributed by atoms with Crippen LogP contribution in [0.2, 0.25) is 0 Å². The summed E-state index contributed by atoms with van der Waals surface area (Å²) in [5.41, 5.74) is 6.60. The van der Waals surface area contributed by atoms with Gasteiger partial charge in [0, 0.05) is 25.3 Å². The van der Waals surface area contributed by atoms with Crippen LogP contribution in [0, 0.1) is 0 Å². The number of nitrogens with two attached hydrogens (primary N) is 1. The molecule has 0 bridgehead atoms. The number of amides is 1. The highest BCUT2D eigenvalue weighted by molar-refractivity contribution is 5.91. The second-order valence-electron chi connectivity index (χ2n) is 5.32. The first-order chi connectivity index (χ1) is 9.49. The Bertz CT molecular complexity index is 502. The molecule has 20 heavy (non-hydrogen) atoms. The van der Waals surface area contributed by atoms with Crippen molar-refractivity contribution in [3.63, 3.8) is 0 Å². The molecule has 0 unspecified atom stereocenters. The largest absolute Gasteiger partial charge is 0.451 e. The van der Waals surface area contributed by atoms with Crippen LogP contribution >= 0.6 is 0 Å². The normalized spacial score (nSPS) is 14.8. The Morgan fingerprint density at radius 1 is 1.35 bits per heavy atom. The molecule has 1 aromatic rings. The Balaban J connectivity index is 1.96. The quantitative estimate of drug-likeness (QED) is 0.846. The second-order valence-corrected chi connectivity index (χ2v) is 5.32. The van der Waals surface area contributed by atoms with E-state index in [9.17, 15) is 9.59 Å². The van der Waals surface area contributed by atoms with Gasteiger partial charge in [-0.2, -0.15) is 0 Å². The number of nitrogens with zero attached hydrogens (tertiary/aromatic N) is 2. The monoisotopic (exact) mass is 279 g/mol. The summed E-state index contributed by atoms with van der Waals surface area (Å²) in [5.74, 6) is -0.644. The van der Waals surface area contributed by atoms with Crippen molar-refractivity contribution < 1.29 is 14.3 Å². The maximum absolute atomic E-state index is 12.0. The first kappa shape index (κ1) is 14.4. The first-order valence-corrected chi connectivity index (χ1v) is 6.91. The summed E-state index contributed by atoms with van der Waals surface area (Å²) in [6, 6.07) is 1.67. The van der Waals surface area contributed by atoms with Crippen molar-refractivity contribution in [2.75, 3.05) is 25.4 Å². The molecule has 0 saturated carbocycles. The number of carbonyl (C=O) groups is 2. The molecule has 2 N–H and O–H groups in total. The summed E-state index contributed by atoms with van der Waals surface area (Å²) in [7, 11) is 0. The standard InChI is InChI=1S/C14H21N3O3/c1-10(2)17-8-11(15)7-12(17)14(19)20-9-13(18)16-5-3-4-6-16/h7-8,10H,3-6,9,15H2,1-2H3. The molecule has 1 aromatic heterocycles. The van der Waals surface area contributed by atoms with Crippen LogP contribution in [0.25, 0.3) is 0 Å². The Kier molecular flexibility index (Phi) is 4.32. The van der Waals surface area contributed by atoms with Gasteiger partial charge >= 0.3 is 5.97 Å². The number of aromatic nitrogens is 1. The highest BCUT2D eigenvalue weighted by atomic mass is 16.5. The number of anilines is 1. The number of likely N-dealkylation sites (tertiary alicyclic amines) is 1. The molecule has 6 nitrogen and oxygen atoms in total. The third-order valence-electron chi connectivity index (χ3n) is 3.42. The van der Waals surface area contributed by atoms with Crippen LogP contribution < -0.4 is 5.73 Å². The maximum atomic E-state index is 12.0. The lowest BCUT2D eigenvalue weighted by molar-refractivity contribution is -0.133. The van der Waals surface area contributed by atoms with Gasteiger partial charge in [-0.15, -0.1) is 0 Å². The van der Waals surface area contributed by atoms with E-state index in [1.165, 1.54) is 0 Å². The third-order valence-corrected chi connectivity index (χ3v) is 3.42. The van der Waals surface area contributed by atoms with Crippen molar-refractivity contribution in [3.8, 4) is 0 Å². The average Bonchev–Trinajstić information content (AvgIpc) is 3.04. The van der Waals surface area contributed by atoms with Crippen LogP contribution in [-0.4, -0.2) is 41.0 Å². The fourth-order valence-electron chi connectivity index (χ4n) is 2.35. The molecule has 0 spiro atoms. The summed E-state index contributed by atoms with van der Waals surface area (Å²) in [6.45, 7) is 5.20. The maximum Gasteiger partial charge on any atom is 0.355 e. The lowest BCUT2D eigenvalue weighted by Crippen LogP contribution is -2.32. The van der Waals surface area contributed by atoms with Crippen molar-refractivity contribution in [2.24, 2.45) is 0 Å². The minimum Gasteiger partial charge on any atom is -0.451 e. The summed E-state index contributed by atoms with van der Waals surface area (Å²) in [6.07, 6.45) is 3.74. The van der Waals surface area contributed by atoms with Gasteiger partial charge in [-0.25, -0.2) is 4.79 Å². The van der Waals surface area contributed by atoms with Gasteiger partial charge in [-0.3, -0.25) is 4.79 Å². The lowest BCUT2D eigenvalue weighted by atomic mass is 10.3. The van der Waals surface area contributed by atoms with E-state index in [0.29, 0.717) is 11.4 Å². The van der Waals surface area contributed by atoms with Crippen LogP contribution in [0.3, 0.4) is 0 Å². The van der Waals surface area contributed by atoms with Crippen LogP contribution in [0.4, 0.5) is 5.69 Å². The second kappa shape index (κ2) is 5.98. The van der Waals surface area contributed by atoms with Gasteiger partial charge in [-0.1, -0.05) is 0 Å². The van der Waals surface area contributed by atoms with E-state index in [2.05, 4.69) is 0 Å². The summed E-state index contributed by atoms with van der Waals surface area (Å²) in [4.78, 5) is 25.6. The number of rotatable bonds is 4. The zero-order valence-corrected chi connectivity index (χ0v) is 12.0. The summed E-state index contributed by atoms with van der Waals surface area (Å²) >= 11 is 0. The number of nitrogen functional groups attached to an aromatic ring is 1. The number of ether oxygens (including phenoxy) is 1. The van der Waals surface area contributed by atoms with Gasteiger partial charge in [0.15, 0.2) is 6.61 Å². The van der Waals surface area contributed by atoms with E-state index in [4.69, 9.17) is 10.5 Å². The van der Waals surface area contributed by atoms with Gasteiger partial charge in [0.25, 0.3) is 5.91 Å². The van der Waals surface area contributed by atoms with E-state index < -0.39 is 5.97 Å². The molecule has 1 saturated heterocycles. The molecular weight excluding hydrogens is 258 g/mol. The van der Waals surface area contributed by atoms with Gasteiger partial charge in [0.1, 0.15) is 5.69 Å². The Morgan fingerprint density at radius 3 is 2.60 bits per heavy atom. The van der Waals surface area contributed by atoms with E-state index in [-0.39, 0.29) is 18.6 Å². The van der Waals surface area contributed by atoms with Gasteiger partial charge in [0.05, 0.1) is 5.69 Å². The fourth-order valence-corrected chi connectivity index (χ4v) is 2.35. The molecule has 2 heterocycles. The Hall–Kier alpha value is -1.98. The molecule has 0 aliphatic carbocycles. The highest BCUT2D eigenvalue weighted by Crippen LogP contribution is 2.17. The van der Waals surface area contributed by atoms with Crippen molar-refractivity contribution in [3.05, 3.63) is 18.0 Å². The van der Waals surface area contributed by atoms with E-state index in [1.807, 2.05) is 13.8 Å². The number of hydrogen-bond acceptors (Lipinski definition) is 4. The number of carbonyl (C=O) groups excluding carboxylic acids is 2. The molecule has 1 aliphatic rings. The smallest absolute Gasteiger partial charge is 0.355 e. The Labute approximate surface area is 118 Å². The topological polar surface area (TPSA) is 77.6 Å². The fraction of sp³-hybridized carbons (Fsp3) is 0.571. The van der Waals surface area contributed by atoms with Crippen molar-refractivity contribution >= 4 is 17.6 Å². The summed E-state index contributed by atoms with van der Waals surface area (Å²) in [5, 5.41) is 0. The minimum atomic E-state index is -0.511. The first-order valence-electron chi connectivity index (χ1n) is 6.91. The third kappa shape index (κ3) is 3.12. The lowest BCUT2D eigenvalue weighted by Gasteiger charge is -2.16. The highest BCUT2D eigenvalue weighted by Gasteiger charge is 2.21. The van der Waals surface area contributed by atoms with Crippen LogP contribution in [0.5, 0.6) is 0 Å². The Morgan fingerprint density at radius 2 is 2.00 bits per heavy atom. The SMILES string of the molecule is CC(C)n1cc(N)cc1C(=O)OCC(=O)N1CCCC1. The predicted molar refractivity (Wildman–Crippen MR) is 75.3 cm³/mol. The van der Waals surface area contributed by atoms with Crippen molar-refractivity contribution in [1.82, 2.24) is 9.47 Å². The molecule has 0 aromatic carbocycles. The molecule has 1 amide bonds. The van der Waals surface area contributed by atoms with E-state index in [0.717, 1.165) is 25.9 Å². The van der Waals surface area contributed by atoms with Crippen LogP contribution in [0.1, 0.15) is 43.2 Å². The van der Waals surface area contributed by atoms with Gasteiger partial charge < -0.3 is 19.9 Å². The van der Waals surface area contributed by atoms with E-state index >= 15 is 0 Å².